The summed E-state index contributed by atoms with van der Waals surface area (Å²) in [6, 6.07) is 18.2. The van der Waals surface area contributed by atoms with E-state index in [2.05, 4.69) is 46.9 Å². The molecule has 3 aromatic heterocycles. The van der Waals surface area contributed by atoms with E-state index >= 15 is 0 Å². The lowest BCUT2D eigenvalue weighted by atomic mass is 9.67. The molecule has 55 heavy (non-hydrogen) atoms. The fourth-order valence-corrected chi connectivity index (χ4v) is 17.7. The first-order valence-electron chi connectivity index (χ1n) is 22.8. The van der Waals surface area contributed by atoms with Crippen LogP contribution >= 0.6 is 0 Å². The minimum Gasteiger partial charge on any atom is -0.455 e. The third-order valence-corrected chi connectivity index (χ3v) is 18.9. The van der Waals surface area contributed by atoms with Gasteiger partial charge in [-0.25, -0.2) is 0 Å². The Hall–Kier alpha value is -4.03. The van der Waals surface area contributed by atoms with E-state index < -0.39 is 0 Å². The summed E-state index contributed by atoms with van der Waals surface area (Å²) >= 11 is 0. The van der Waals surface area contributed by atoms with Crippen molar-refractivity contribution in [1.82, 2.24) is 4.40 Å². The van der Waals surface area contributed by atoms with Crippen molar-refractivity contribution in [3.05, 3.63) is 75.3 Å². The lowest BCUT2D eigenvalue weighted by molar-refractivity contribution is 0.166. The summed E-state index contributed by atoms with van der Waals surface area (Å²) in [4.78, 5) is 0. The zero-order chi connectivity index (χ0) is 35.2. The second-order valence-corrected chi connectivity index (χ2v) is 21.6. The number of hydrogen-bond acceptors (Lipinski definition) is 2. The second-order valence-electron chi connectivity index (χ2n) is 21.6. The summed E-state index contributed by atoms with van der Waals surface area (Å²) in [6.45, 7) is 0. The van der Waals surface area contributed by atoms with Gasteiger partial charge in [-0.05, 0) is 231 Å². The molecule has 3 heterocycles. The Morgan fingerprint density at radius 1 is 0.473 bits per heavy atom. The first-order valence-corrected chi connectivity index (χ1v) is 22.8. The van der Waals surface area contributed by atoms with E-state index in [0.717, 1.165) is 64.1 Å². The Kier molecular flexibility index (Phi) is 5.08. The van der Waals surface area contributed by atoms with E-state index in [0.29, 0.717) is 23.7 Å². The minimum atomic E-state index is 0.524. The van der Waals surface area contributed by atoms with Gasteiger partial charge in [0.15, 0.2) is 0 Å². The van der Waals surface area contributed by atoms with Crippen LogP contribution in [0.25, 0.3) is 60.0 Å². The predicted octanol–water partition coefficient (Wildman–Crippen LogP) is 13.8. The minimum absolute atomic E-state index is 0.524. The molecule has 0 radical (unpaired) electrons. The number of hydrogen-bond donors (Lipinski definition) is 0. The molecule has 0 N–H and O–H groups in total. The maximum atomic E-state index is 11.0. The van der Waals surface area contributed by atoms with Crippen molar-refractivity contribution in [3.63, 3.8) is 0 Å². The van der Waals surface area contributed by atoms with E-state index in [1.165, 1.54) is 145 Å². The normalized spacial score (nSPS) is 37.4. The molecule has 0 aliphatic heterocycles. The molecule has 6 atom stereocenters. The van der Waals surface area contributed by atoms with Crippen molar-refractivity contribution >= 4 is 60.0 Å². The lowest BCUT2D eigenvalue weighted by Crippen LogP contribution is -2.25. The molecule has 4 aromatic carbocycles. The smallest absolute Gasteiger partial charge is 0.145 e. The third-order valence-electron chi connectivity index (χ3n) is 18.9. The van der Waals surface area contributed by atoms with Gasteiger partial charge in [-0.1, -0.05) is 6.07 Å². The first kappa shape index (κ1) is 29.2. The van der Waals surface area contributed by atoms with Gasteiger partial charge in [0.25, 0.3) is 0 Å². The Bertz CT molecular complexity index is 2940. The van der Waals surface area contributed by atoms with Crippen molar-refractivity contribution < 1.29 is 4.42 Å². The van der Waals surface area contributed by atoms with E-state index in [1.54, 1.807) is 33.2 Å². The van der Waals surface area contributed by atoms with Gasteiger partial charge >= 0.3 is 0 Å². The van der Waals surface area contributed by atoms with E-state index in [1.807, 2.05) is 0 Å². The monoisotopic (exact) mass is 716 g/mol. The van der Waals surface area contributed by atoms with E-state index in [-0.39, 0.29) is 0 Å². The number of fused-ring (bicyclic) bond motifs is 10. The summed E-state index contributed by atoms with van der Waals surface area (Å²) < 4.78 is 10.1. The van der Waals surface area contributed by atoms with Crippen molar-refractivity contribution in [1.29, 1.82) is 5.26 Å². The summed E-state index contributed by atoms with van der Waals surface area (Å²) in [5.41, 5.74) is 17.0. The largest absolute Gasteiger partial charge is 0.455 e. The summed E-state index contributed by atoms with van der Waals surface area (Å²) in [5.74, 6) is 9.12. The molecule has 0 spiro atoms. The number of rotatable bonds is 0. The van der Waals surface area contributed by atoms with Crippen molar-refractivity contribution in [2.45, 2.75) is 132 Å². The SMILES string of the molecule is N#Cc1cc2c(c3c1C1CC4CC(C1)CC3C4)c1c3oc4cc5c(cc4c3cc3c4c6c(ccc4n2c31)C1CC2CC(C1)CC6C2)C1CC2CC(CC5C2)C1. The molecule has 12 aliphatic carbocycles. The predicted molar refractivity (Wildman–Crippen MR) is 220 cm³/mol. The molecule has 7 aromatic rings. The highest BCUT2D eigenvalue weighted by Crippen LogP contribution is 2.63. The van der Waals surface area contributed by atoms with Crippen molar-refractivity contribution in [3.8, 4) is 6.07 Å². The van der Waals surface area contributed by atoms with Crippen LogP contribution in [0.15, 0.2) is 40.8 Å². The maximum absolute atomic E-state index is 11.0. The third kappa shape index (κ3) is 3.43. The second kappa shape index (κ2) is 9.56. The molecule has 0 saturated heterocycles. The quantitative estimate of drug-likeness (QED) is 0.157. The zero-order valence-electron chi connectivity index (χ0n) is 31.8. The van der Waals surface area contributed by atoms with Crippen molar-refractivity contribution in [2.24, 2.45) is 35.5 Å². The highest BCUT2D eigenvalue weighted by atomic mass is 16.3. The number of benzene rings is 4. The molecule has 0 amide bonds. The van der Waals surface area contributed by atoms with Crippen LogP contribution in [0.1, 0.15) is 171 Å². The maximum Gasteiger partial charge on any atom is 0.145 e. The fraction of sp³-hybridized carbons (Fsp3) is 0.519. The summed E-state index contributed by atoms with van der Waals surface area (Å²) in [7, 11) is 0. The molecule has 19 rings (SSSR count). The van der Waals surface area contributed by atoms with E-state index in [9.17, 15) is 5.26 Å². The molecule has 6 saturated carbocycles. The van der Waals surface area contributed by atoms with Crippen LogP contribution in [0.4, 0.5) is 0 Å². The Morgan fingerprint density at radius 2 is 1.04 bits per heavy atom. The van der Waals surface area contributed by atoms with Gasteiger partial charge in [-0.3, -0.25) is 0 Å². The average molecular weight is 717 g/mol. The van der Waals surface area contributed by atoms with Crippen LogP contribution in [0.5, 0.6) is 0 Å². The summed E-state index contributed by atoms with van der Waals surface area (Å²) in [6.07, 6.45) is 20.6. The number of furan rings is 1. The molecule has 3 nitrogen and oxygen atoms in total. The van der Waals surface area contributed by atoms with Gasteiger partial charge in [0.05, 0.1) is 33.6 Å². The van der Waals surface area contributed by atoms with Gasteiger partial charge in [0, 0.05) is 26.9 Å². The van der Waals surface area contributed by atoms with Crippen LogP contribution in [0.2, 0.25) is 0 Å². The topological polar surface area (TPSA) is 41.3 Å². The van der Waals surface area contributed by atoms with Gasteiger partial charge in [0.1, 0.15) is 11.2 Å². The number of nitrogens with zero attached hydrogens (tertiary/aromatic N) is 2. The molecule has 12 aliphatic rings. The van der Waals surface area contributed by atoms with Crippen LogP contribution in [0.3, 0.4) is 0 Å². The van der Waals surface area contributed by atoms with Crippen LogP contribution in [-0.2, 0) is 0 Å². The molecule has 6 unspecified atom stereocenters. The van der Waals surface area contributed by atoms with Gasteiger partial charge < -0.3 is 8.82 Å². The van der Waals surface area contributed by atoms with Crippen molar-refractivity contribution in [2.75, 3.05) is 0 Å². The molecular formula is C52H48N2O. The Morgan fingerprint density at radius 3 is 1.67 bits per heavy atom. The Labute approximate surface area is 321 Å². The summed E-state index contributed by atoms with van der Waals surface area (Å²) in [5, 5.41) is 19.6. The molecule has 12 bridgehead atoms. The highest BCUT2D eigenvalue weighted by molar-refractivity contribution is 6.34. The molecule has 6 fully saturated rings. The van der Waals surface area contributed by atoms with Crippen LogP contribution in [-0.4, -0.2) is 4.40 Å². The fourth-order valence-electron chi connectivity index (χ4n) is 17.7. The molecule has 3 heteroatoms. The average Bonchev–Trinajstić information content (AvgIpc) is 3.69. The molecule has 272 valence electrons. The number of nitriles is 1. The zero-order valence-corrected chi connectivity index (χ0v) is 31.8. The van der Waals surface area contributed by atoms with Crippen LogP contribution < -0.4 is 0 Å². The van der Waals surface area contributed by atoms with Gasteiger partial charge in [0.2, 0.25) is 0 Å². The highest BCUT2D eigenvalue weighted by Gasteiger charge is 2.47. The van der Waals surface area contributed by atoms with Gasteiger partial charge in [-0.15, -0.1) is 0 Å². The van der Waals surface area contributed by atoms with Crippen LogP contribution in [0, 0.1) is 46.8 Å². The lowest BCUT2D eigenvalue weighted by Gasteiger charge is -2.38. The number of aromatic nitrogens is 1. The first-order chi connectivity index (χ1) is 27.1. The molecular weight excluding hydrogens is 669 g/mol. The standard InChI is InChI=1S/C52H48N2O/c53-22-35-18-43-49(47-34-16-27-5-28(17-34)13-32(12-27)45(35)47)50-51-41(48-42(54(43)51)2-1-36-29-6-25-4-26(7-29)15-33(14-25)46(36)48)20-40-39-19-37-30-8-23-3-24(9-30)11-31(10-23)38(37)21-44(39)55-52(40)50/h1-2,18-21,23-34H,3-17H2. The van der Waals surface area contributed by atoms with E-state index in [4.69, 9.17) is 4.42 Å². The Balaban J connectivity index is 1.10. The van der Waals surface area contributed by atoms with Gasteiger partial charge in [-0.2, -0.15) is 5.26 Å².